The Labute approximate surface area is 225 Å². The van der Waals surface area contributed by atoms with E-state index in [1.807, 2.05) is 6.07 Å². The molecule has 0 saturated carbocycles. The normalized spacial score (nSPS) is 11.2. The third kappa shape index (κ3) is 5.36. The van der Waals surface area contributed by atoms with Crippen molar-refractivity contribution in [3.63, 3.8) is 0 Å². The zero-order valence-corrected chi connectivity index (χ0v) is 20.5. The number of alkyl halides is 3. The molecule has 200 valence electrons. The summed E-state index contributed by atoms with van der Waals surface area (Å²) in [5.74, 6) is -0.412. The fourth-order valence-electron chi connectivity index (χ4n) is 4.33. The molecule has 0 fully saturated rings. The number of benzene rings is 4. The number of nitrogens with two attached hydrogens (primary N) is 1. The average molecular weight is 544 g/mol. The number of halogens is 3. The van der Waals surface area contributed by atoms with Crippen molar-refractivity contribution in [2.75, 3.05) is 10.6 Å². The van der Waals surface area contributed by atoms with Crippen molar-refractivity contribution >= 4 is 23.3 Å². The van der Waals surface area contributed by atoms with Crippen LogP contribution in [-0.4, -0.2) is 32.6 Å². The number of carbonyl (C=O) groups is 2. The maximum absolute atomic E-state index is 14.2. The zero-order valence-electron chi connectivity index (χ0n) is 20.5. The summed E-state index contributed by atoms with van der Waals surface area (Å²) in [6, 6.07) is 22.4. The van der Waals surface area contributed by atoms with Crippen molar-refractivity contribution in [1.29, 1.82) is 0 Å². The van der Waals surface area contributed by atoms with Gasteiger partial charge in [0.2, 0.25) is 5.82 Å². The topological polar surface area (TPSA) is 139 Å². The number of nitrogens with one attached hydrogen (secondary N) is 3. The van der Waals surface area contributed by atoms with Gasteiger partial charge in [-0.05, 0) is 58.3 Å². The molecule has 0 aliphatic rings. The second-order valence-corrected chi connectivity index (χ2v) is 8.58. The highest BCUT2D eigenvalue weighted by molar-refractivity contribution is 6.06. The van der Waals surface area contributed by atoms with Crippen molar-refractivity contribution in [1.82, 2.24) is 20.6 Å². The molecule has 1 aromatic heterocycles. The van der Waals surface area contributed by atoms with E-state index >= 15 is 0 Å². The number of carbonyl (C=O) groups excluding carboxylic acids is 2. The van der Waals surface area contributed by atoms with Gasteiger partial charge in [0.15, 0.2) is 0 Å². The molecular formula is C28H20F3N7O2. The Balaban J connectivity index is 1.69. The number of H-pyrrole nitrogens is 1. The zero-order chi connectivity index (χ0) is 28.3. The average Bonchev–Trinajstić information content (AvgIpc) is 3.47. The van der Waals surface area contributed by atoms with Crippen LogP contribution >= 0.6 is 0 Å². The third-order valence-corrected chi connectivity index (χ3v) is 6.02. The first-order valence-corrected chi connectivity index (χ1v) is 11.8. The summed E-state index contributed by atoms with van der Waals surface area (Å²) < 4.78 is 42.6. The second-order valence-electron chi connectivity index (χ2n) is 8.58. The predicted molar refractivity (Wildman–Crippen MR) is 143 cm³/mol. The summed E-state index contributed by atoms with van der Waals surface area (Å²) >= 11 is 0. The summed E-state index contributed by atoms with van der Waals surface area (Å²) in [5.41, 5.74) is 6.34. The lowest BCUT2D eigenvalue weighted by atomic mass is 9.86. The third-order valence-electron chi connectivity index (χ3n) is 6.02. The number of hydrogen-bond acceptors (Lipinski definition) is 5. The van der Waals surface area contributed by atoms with Crippen LogP contribution in [0.5, 0.6) is 0 Å². The molecule has 0 radical (unpaired) electrons. The van der Waals surface area contributed by atoms with Crippen molar-refractivity contribution in [3.05, 3.63) is 102 Å². The van der Waals surface area contributed by atoms with Gasteiger partial charge in [0.25, 0.3) is 5.91 Å². The molecule has 5 N–H and O–H groups in total. The number of aromatic nitrogens is 4. The first-order valence-electron chi connectivity index (χ1n) is 11.8. The van der Waals surface area contributed by atoms with E-state index < -0.39 is 17.8 Å². The van der Waals surface area contributed by atoms with Crippen LogP contribution < -0.4 is 16.4 Å². The minimum atomic E-state index is -4.70. The van der Waals surface area contributed by atoms with Crippen LogP contribution in [0.2, 0.25) is 0 Å². The number of nitrogens with zero attached hydrogens (tertiary/aromatic N) is 3. The number of amides is 3. The van der Waals surface area contributed by atoms with Crippen LogP contribution in [0.3, 0.4) is 0 Å². The summed E-state index contributed by atoms with van der Waals surface area (Å²) in [6.45, 7) is 0. The molecule has 5 aromatic rings. The monoisotopic (exact) mass is 543 g/mol. The number of para-hydroxylation sites is 1. The van der Waals surface area contributed by atoms with Crippen LogP contribution in [0.4, 0.5) is 29.3 Å². The van der Waals surface area contributed by atoms with Gasteiger partial charge in [-0.15, -0.1) is 10.2 Å². The minimum Gasteiger partial charge on any atom is -0.351 e. The first-order chi connectivity index (χ1) is 19.2. The van der Waals surface area contributed by atoms with Crippen LogP contribution in [0.1, 0.15) is 15.9 Å². The molecule has 40 heavy (non-hydrogen) atoms. The maximum atomic E-state index is 14.2. The van der Waals surface area contributed by atoms with Gasteiger partial charge in [-0.25, -0.2) is 4.79 Å². The van der Waals surface area contributed by atoms with Gasteiger partial charge in [0.05, 0.1) is 16.8 Å². The highest BCUT2D eigenvalue weighted by Crippen LogP contribution is 2.47. The fraction of sp³-hybridized carbons (Fsp3) is 0.0357. The second kappa shape index (κ2) is 10.7. The summed E-state index contributed by atoms with van der Waals surface area (Å²) in [5, 5.41) is 19.0. The Hall–Kier alpha value is -5.52. The van der Waals surface area contributed by atoms with Crippen LogP contribution in [0.15, 0.2) is 91.0 Å². The van der Waals surface area contributed by atoms with E-state index in [1.54, 1.807) is 54.6 Å². The summed E-state index contributed by atoms with van der Waals surface area (Å²) in [6.07, 6.45) is -4.70. The molecule has 0 spiro atoms. The first kappa shape index (κ1) is 26.1. The maximum Gasteiger partial charge on any atom is 0.417 e. The molecule has 0 atom stereocenters. The molecule has 0 aliphatic carbocycles. The van der Waals surface area contributed by atoms with Gasteiger partial charge in [-0.3, -0.25) is 4.79 Å². The Morgan fingerprint density at radius 1 is 0.775 bits per heavy atom. The SMILES string of the molecule is NC(=O)Nc1ccc(-c2ccc(C(=O)Nc3ccccc3)cc2)c(-c2ccccc2C(F)(F)F)c1-c1nn[nH]n1. The van der Waals surface area contributed by atoms with Crippen molar-refractivity contribution < 1.29 is 22.8 Å². The molecule has 0 aliphatic heterocycles. The van der Waals surface area contributed by atoms with Gasteiger partial charge in [-0.1, -0.05) is 54.6 Å². The van der Waals surface area contributed by atoms with Gasteiger partial charge in [0, 0.05) is 16.8 Å². The number of anilines is 2. The highest BCUT2D eigenvalue weighted by atomic mass is 19.4. The number of urea groups is 1. The molecule has 12 heteroatoms. The molecule has 3 amide bonds. The molecule has 9 nitrogen and oxygen atoms in total. The summed E-state index contributed by atoms with van der Waals surface area (Å²) in [4.78, 5) is 24.5. The lowest BCUT2D eigenvalue weighted by Gasteiger charge is -2.21. The van der Waals surface area contributed by atoms with E-state index in [9.17, 15) is 22.8 Å². The lowest BCUT2D eigenvalue weighted by molar-refractivity contribution is -0.137. The van der Waals surface area contributed by atoms with E-state index in [1.165, 1.54) is 24.3 Å². The highest BCUT2D eigenvalue weighted by Gasteiger charge is 2.35. The van der Waals surface area contributed by atoms with Crippen molar-refractivity contribution in [3.8, 4) is 33.6 Å². The molecule has 0 unspecified atom stereocenters. The smallest absolute Gasteiger partial charge is 0.351 e. The number of rotatable bonds is 6. The van der Waals surface area contributed by atoms with Crippen LogP contribution in [0, 0.1) is 0 Å². The largest absolute Gasteiger partial charge is 0.417 e. The van der Waals surface area contributed by atoms with Gasteiger partial charge < -0.3 is 16.4 Å². The number of primary amides is 1. The lowest BCUT2D eigenvalue weighted by Crippen LogP contribution is -2.20. The predicted octanol–water partition coefficient (Wildman–Crippen LogP) is 5.96. The van der Waals surface area contributed by atoms with Gasteiger partial charge in [0.1, 0.15) is 0 Å². The Morgan fingerprint density at radius 3 is 2.12 bits per heavy atom. The van der Waals surface area contributed by atoms with E-state index in [2.05, 4.69) is 31.3 Å². The number of aromatic amines is 1. The standard InChI is InChI=1S/C28H20F3N7O2/c29-28(30,31)21-9-5-4-8-20(21)23-19(14-15-22(34-27(32)40)24(23)25-35-37-38-36-25)16-10-12-17(13-11-16)26(39)33-18-6-2-1-3-7-18/h1-15H,(H,33,39)(H3,32,34,40)(H,35,36,37,38). The molecule has 4 aromatic carbocycles. The fourth-order valence-corrected chi connectivity index (χ4v) is 4.33. The Morgan fingerprint density at radius 2 is 1.48 bits per heavy atom. The number of hydrogen-bond donors (Lipinski definition) is 4. The molecule has 0 saturated heterocycles. The van der Waals surface area contributed by atoms with E-state index in [0.29, 0.717) is 22.4 Å². The Kier molecular flexibility index (Phi) is 6.98. The van der Waals surface area contributed by atoms with E-state index in [-0.39, 0.29) is 34.1 Å². The van der Waals surface area contributed by atoms with Crippen LogP contribution in [0.25, 0.3) is 33.6 Å². The van der Waals surface area contributed by atoms with Crippen molar-refractivity contribution in [2.45, 2.75) is 6.18 Å². The molecular weight excluding hydrogens is 523 g/mol. The summed E-state index contributed by atoms with van der Waals surface area (Å²) in [7, 11) is 0. The molecule has 1 heterocycles. The van der Waals surface area contributed by atoms with Gasteiger partial charge >= 0.3 is 12.2 Å². The van der Waals surface area contributed by atoms with Gasteiger partial charge in [-0.2, -0.15) is 18.4 Å². The molecule has 0 bridgehead atoms. The Bertz CT molecular complexity index is 1670. The minimum absolute atomic E-state index is 0.0589. The van der Waals surface area contributed by atoms with E-state index in [0.717, 1.165) is 6.07 Å². The van der Waals surface area contributed by atoms with Crippen molar-refractivity contribution in [2.24, 2.45) is 5.73 Å². The van der Waals surface area contributed by atoms with Crippen LogP contribution in [-0.2, 0) is 6.18 Å². The van der Waals surface area contributed by atoms with E-state index in [4.69, 9.17) is 5.73 Å². The number of tetrazole rings is 1. The molecule has 5 rings (SSSR count). The quantitative estimate of drug-likeness (QED) is 0.209.